The zero-order valence-electron chi connectivity index (χ0n) is 22.5. The SMILES string of the molecule is C=C1c2[nH]cc3c2C(=CN1C)c1cc2c(cc1N(c1ncc(F)cc1F)C3)C(=O)N(CCC)CCC2S(C)(=O)=O. The number of pyridine rings is 1. The molecular weight excluding hydrogens is 536 g/mol. The predicted octanol–water partition coefficient (Wildman–Crippen LogP) is 4.99. The Kier molecular flexibility index (Phi) is 6.10. The van der Waals surface area contributed by atoms with Crippen molar-refractivity contribution in [2.75, 3.05) is 31.3 Å². The Labute approximate surface area is 231 Å². The molecule has 3 aliphatic heterocycles. The Hall–Kier alpha value is -3.99. The van der Waals surface area contributed by atoms with E-state index in [9.17, 15) is 17.6 Å². The molecule has 6 rings (SSSR count). The summed E-state index contributed by atoms with van der Waals surface area (Å²) < 4.78 is 55.3. The second kappa shape index (κ2) is 9.29. The topological polar surface area (TPSA) is 89.6 Å². The summed E-state index contributed by atoms with van der Waals surface area (Å²) >= 11 is 0. The van der Waals surface area contributed by atoms with Crippen LogP contribution in [0.4, 0.5) is 20.3 Å². The van der Waals surface area contributed by atoms with E-state index >= 15 is 4.39 Å². The number of benzene rings is 1. The number of halogens is 2. The second-order valence-electron chi connectivity index (χ2n) is 10.6. The van der Waals surface area contributed by atoms with Gasteiger partial charge in [0.05, 0.1) is 35.1 Å². The Balaban J connectivity index is 1.69. The molecule has 208 valence electrons. The third kappa shape index (κ3) is 4.02. The van der Waals surface area contributed by atoms with E-state index in [1.165, 1.54) is 6.26 Å². The van der Waals surface area contributed by atoms with Gasteiger partial charge in [-0.3, -0.25) is 4.79 Å². The first-order valence-electron chi connectivity index (χ1n) is 13.1. The van der Waals surface area contributed by atoms with Gasteiger partial charge in [-0.1, -0.05) is 13.5 Å². The maximum Gasteiger partial charge on any atom is 0.254 e. The molecule has 5 heterocycles. The van der Waals surface area contributed by atoms with Gasteiger partial charge in [0.1, 0.15) is 5.82 Å². The Morgan fingerprint density at radius 3 is 2.67 bits per heavy atom. The fraction of sp³-hybridized carbons (Fsp3) is 0.310. The fourth-order valence-electron chi connectivity index (χ4n) is 6.02. The maximum absolute atomic E-state index is 15.3. The molecule has 0 spiro atoms. The number of rotatable bonds is 4. The third-order valence-corrected chi connectivity index (χ3v) is 9.45. The van der Waals surface area contributed by atoms with Crippen LogP contribution >= 0.6 is 0 Å². The van der Waals surface area contributed by atoms with Gasteiger partial charge in [0.25, 0.3) is 5.91 Å². The molecule has 0 bridgehead atoms. The number of nitrogens with zero attached hydrogens (tertiary/aromatic N) is 4. The summed E-state index contributed by atoms with van der Waals surface area (Å²) in [5.74, 6) is -2.03. The number of fused-ring (bicyclic) bond motifs is 3. The van der Waals surface area contributed by atoms with E-state index in [2.05, 4.69) is 16.5 Å². The van der Waals surface area contributed by atoms with Crippen molar-refractivity contribution in [1.29, 1.82) is 0 Å². The quantitative estimate of drug-likeness (QED) is 0.480. The van der Waals surface area contributed by atoms with Crippen LogP contribution in [-0.4, -0.2) is 60.5 Å². The summed E-state index contributed by atoms with van der Waals surface area (Å²) in [6, 6.07) is 4.19. The van der Waals surface area contributed by atoms with Crippen LogP contribution in [-0.2, 0) is 16.4 Å². The van der Waals surface area contributed by atoms with Crippen molar-refractivity contribution in [3.63, 3.8) is 0 Å². The van der Waals surface area contributed by atoms with Crippen LogP contribution in [0.3, 0.4) is 0 Å². The number of aromatic amines is 1. The molecule has 8 nitrogen and oxygen atoms in total. The number of carbonyl (C=O) groups is 1. The van der Waals surface area contributed by atoms with Gasteiger partial charge in [0, 0.05) is 67.1 Å². The highest BCUT2D eigenvalue weighted by molar-refractivity contribution is 7.90. The molecule has 0 aliphatic carbocycles. The first-order valence-corrected chi connectivity index (χ1v) is 15.0. The van der Waals surface area contributed by atoms with Gasteiger partial charge in [0.15, 0.2) is 21.5 Å². The van der Waals surface area contributed by atoms with E-state index in [0.29, 0.717) is 36.3 Å². The molecule has 3 aliphatic rings. The minimum absolute atomic E-state index is 0.102. The molecule has 1 amide bonds. The van der Waals surface area contributed by atoms with Crippen LogP contribution in [0.1, 0.15) is 63.3 Å². The maximum atomic E-state index is 15.3. The summed E-state index contributed by atoms with van der Waals surface area (Å²) in [6.07, 6.45) is 6.85. The molecule has 1 aromatic carbocycles. The monoisotopic (exact) mass is 565 g/mol. The lowest BCUT2D eigenvalue weighted by Gasteiger charge is -2.29. The lowest BCUT2D eigenvalue weighted by Crippen LogP contribution is -2.32. The number of anilines is 2. The van der Waals surface area contributed by atoms with Crippen molar-refractivity contribution in [3.8, 4) is 0 Å². The highest BCUT2D eigenvalue weighted by Gasteiger charge is 2.38. The summed E-state index contributed by atoms with van der Waals surface area (Å²) in [5, 5.41) is -0.891. The van der Waals surface area contributed by atoms with E-state index in [0.717, 1.165) is 40.4 Å². The first-order chi connectivity index (χ1) is 19.0. The highest BCUT2D eigenvalue weighted by Crippen LogP contribution is 2.48. The number of nitrogens with one attached hydrogen (secondary N) is 1. The molecule has 3 aromatic rings. The molecule has 40 heavy (non-hydrogen) atoms. The summed E-state index contributed by atoms with van der Waals surface area (Å²) in [6.45, 7) is 7.10. The van der Waals surface area contributed by atoms with E-state index in [-0.39, 0.29) is 30.3 Å². The lowest BCUT2D eigenvalue weighted by atomic mass is 9.89. The Morgan fingerprint density at radius 1 is 1.20 bits per heavy atom. The van der Waals surface area contributed by atoms with Crippen molar-refractivity contribution in [3.05, 3.63) is 88.5 Å². The smallest absolute Gasteiger partial charge is 0.254 e. The van der Waals surface area contributed by atoms with Crippen molar-refractivity contribution in [2.24, 2.45) is 0 Å². The van der Waals surface area contributed by atoms with Crippen LogP contribution in [0.25, 0.3) is 11.3 Å². The van der Waals surface area contributed by atoms with E-state index < -0.39 is 26.7 Å². The summed E-state index contributed by atoms with van der Waals surface area (Å²) in [5.41, 5.74) is 5.76. The largest absolute Gasteiger partial charge is 0.359 e. The lowest BCUT2D eigenvalue weighted by molar-refractivity contribution is 0.0760. The molecule has 1 atom stereocenters. The van der Waals surface area contributed by atoms with Gasteiger partial charge in [-0.25, -0.2) is 22.2 Å². The number of hydrogen-bond acceptors (Lipinski definition) is 6. The van der Waals surface area contributed by atoms with Crippen molar-refractivity contribution < 1.29 is 22.0 Å². The number of H-pyrrole nitrogens is 1. The standard InChI is InChI=1S/C29H29F2N5O3S/c1-5-7-35-8-6-25(40(4,38)39)20-10-19-22-15-34(3)16(2)27-26(22)17(12-32-27)14-36(24(19)11-21(20)29(35)37)28-23(31)9-18(30)13-33-28/h9-13,15,25,32H,2,5-8,14H2,1,3-4H3. The minimum Gasteiger partial charge on any atom is -0.359 e. The van der Waals surface area contributed by atoms with Gasteiger partial charge in [-0.15, -0.1) is 0 Å². The highest BCUT2D eigenvalue weighted by atomic mass is 32.2. The molecule has 0 fully saturated rings. The van der Waals surface area contributed by atoms with Crippen molar-refractivity contribution in [2.45, 2.75) is 31.6 Å². The molecular formula is C29H29F2N5O3S. The molecule has 1 N–H and O–H groups in total. The number of carbonyl (C=O) groups excluding carboxylic acids is 1. The molecule has 11 heteroatoms. The van der Waals surface area contributed by atoms with Gasteiger partial charge >= 0.3 is 0 Å². The summed E-state index contributed by atoms with van der Waals surface area (Å²) in [7, 11) is -1.72. The van der Waals surface area contributed by atoms with E-state index in [1.54, 1.807) is 21.9 Å². The van der Waals surface area contributed by atoms with Crippen LogP contribution in [0.2, 0.25) is 0 Å². The van der Waals surface area contributed by atoms with Crippen LogP contribution < -0.4 is 4.90 Å². The average Bonchev–Trinajstić information content (AvgIpc) is 3.20. The molecule has 0 saturated carbocycles. The number of amides is 1. The Morgan fingerprint density at radius 2 is 1.98 bits per heavy atom. The van der Waals surface area contributed by atoms with Gasteiger partial charge in [-0.05, 0) is 36.1 Å². The molecule has 0 radical (unpaired) electrons. The van der Waals surface area contributed by atoms with Gasteiger partial charge in [0.2, 0.25) is 0 Å². The molecule has 2 aromatic heterocycles. The zero-order valence-corrected chi connectivity index (χ0v) is 23.3. The van der Waals surface area contributed by atoms with E-state index in [4.69, 9.17) is 0 Å². The summed E-state index contributed by atoms with van der Waals surface area (Å²) in [4.78, 5) is 26.4. The van der Waals surface area contributed by atoms with E-state index in [1.807, 2.05) is 31.3 Å². The zero-order chi connectivity index (χ0) is 28.5. The Bertz CT molecular complexity index is 1730. The second-order valence-corrected chi connectivity index (χ2v) is 12.8. The van der Waals surface area contributed by atoms with Crippen LogP contribution in [0.5, 0.6) is 0 Å². The van der Waals surface area contributed by atoms with Gasteiger partial charge in [-0.2, -0.15) is 0 Å². The first kappa shape index (κ1) is 26.2. The van der Waals surface area contributed by atoms with Crippen molar-refractivity contribution >= 4 is 38.5 Å². The third-order valence-electron chi connectivity index (χ3n) is 7.93. The van der Waals surface area contributed by atoms with Crippen LogP contribution in [0, 0.1) is 11.6 Å². The number of aromatic nitrogens is 2. The predicted molar refractivity (Wildman–Crippen MR) is 150 cm³/mol. The van der Waals surface area contributed by atoms with Gasteiger partial charge < -0.3 is 19.7 Å². The molecule has 1 unspecified atom stereocenters. The van der Waals surface area contributed by atoms with Crippen LogP contribution in [0.15, 0.2) is 43.4 Å². The number of hydrogen-bond donors (Lipinski definition) is 1. The molecule has 0 saturated heterocycles. The van der Waals surface area contributed by atoms with Crippen molar-refractivity contribution in [1.82, 2.24) is 19.8 Å². The fourth-order valence-corrected chi connectivity index (χ4v) is 7.21. The average molecular weight is 566 g/mol. The normalized spacial score (nSPS) is 18.6. The number of sulfone groups is 1. The minimum atomic E-state index is -3.58.